The van der Waals surface area contributed by atoms with Crippen LogP contribution in [0.5, 0.6) is 5.88 Å². The Labute approximate surface area is 114 Å². The van der Waals surface area contributed by atoms with Crippen LogP contribution >= 0.6 is 0 Å². The summed E-state index contributed by atoms with van der Waals surface area (Å²) in [4.78, 5) is 20.0. The van der Waals surface area contributed by atoms with E-state index in [-0.39, 0.29) is 11.9 Å². The van der Waals surface area contributed by atoms with E-state index in [4.69, 9.17) is 4.74 Å². The van der Waals surface area contributed by atoms with Gasteiger partial charge in [0.15, 0.2) is 0 Å². The Bertz CT molecular complexity index is 398. The predicted molar refractivity (Wildman–Crippen MR) is 74.2 cm³/mol. The second-order valence-electron chi connectivity index (χ2n) is 4.22. The molecule has 0 aliphatic carbocycles. The molecule has 0 aliphatic heterocycles. The minimum Gasteiger partial charge on any atom is -0.478 e. The molecule has 0 saturated carbocycles. The van der Waals surface area contributed by atoms with Gasteiger partial charge < -0.3 is 15.4 Å². The van der Waals surface area contributed by atoms with Crippen LogP contribution < -0.4 is 15.4 Å². The lowest BCUT2D eigenvalue weighted by Gasteiger charge is -2.14. The molecule has 19 heavy (non-hydrogen) atoms. The molecular formula is C13H22N4O2. The molecule has 6 nitrogen and oxygen atoms in total. The first-order valence-electron chi connectivity index (χ1n) is 6.67. The quantitative estimate of drug-likeness (QED) is 0.747. The van der Waals surface area contributed by atoms with Crippen molar-refractivity contribution in [3.05, 3.63) is 12.3 Å². The average molecular weight is 266 g/mol. The Kier molecular flexibility index (Phi) is 6.63. The van der Waals surface area contributed by atoms with Gasteiger partial charge in [-0.2, -0.15) is 4.98 Å². The molecular weight excluding hydrogens is 244 g/mol. The molecule has 0 aliphatic rings. The highest BCUT2D eigenvalue weighted by Gasteiger charge is 2.13. The van der Waals surface area contributed by atoms with Crippen molar-refractivity contribution < 1.29 is 9.53 Å². The average Bonchev–Trinajstić information content (AvgIpc) is 2.42. The molecule has 1 rings (SSSR count). The van der Waals surface area contributed by atoms with Gasteiger partial charge in [-0.05, 0) is 19.8 Å². The van der Waals surface area contributed by atoms with Gasteiger partial charge in [0.1, 0.15) is 6.04 Å². The van der Waals surface area contributed by atoms with Crippen molar-refractivity contribution in [2.24, 2.45) is 0 Å². The van der Waals surface area contributed by atoms with Crippen LogP contribution in [0.1, 0.15) is 33.6 Å². The zero-order valence-corrected chi connectivity index (χ0v) is 11.8. The van der Waals surface area contributed by atoms with Gasteiger partial charge in [0.2, 0.25) is 17.7 Å². The summed E-state index contributed by atoms with van der Waals surface area (Å²) in [6.07, 6.45) is 3.44. The summed E-state index contributed by atoms with van der Waals surface area (Å²) in [5.74, 6) is 0.846. The Morgan fingerprint density at radius 2 is 2.21 bits per heavy atom. The molecule has 1 atom stereocenters. The fourth-order valence-corrected chi connectivity index (χ4v) is 1.36. The number of nitrogens with zero attached hydrogens (tertiary/aromatic N) is 2. The lowest BCUT2D eigenvalue weighted by Crippen LogP contribution is -2.38. The minimum absolute atomic E-state index is 0.0645. The number of nitrogens with one attached hydrogen (secondary N) is 2. The van der Waals surface area contributed by atoms with Crippen molar-refractivity contribution in [1.82, 2.24) is 15.3 Å². The topological polar surface area (TPSA) is 76.1 Å². The van der Waals surface area contributed by atoms with Crippen molar-refractivity contribution >= 4 is 11.9 Å². The van der Waals surface area contributed by atoms with E-state index in [0.29, 0.717) is 25.0 Å². The van der Waals surface area contributed by atoms with Crippen LogP contribution in [-0.4, -0.2) is 35.1 Å². The van der Waals surface area contributed by atoms with Crippen molar-refractivity contribution in [3.8, 4) is 5.88 Å². The van der Waals surface area contributed by atoms with Crippen molar-refractivity contribution in [3.63, 3.8) is 0 Å². The Morgan fingerprint density at radius 1 is 1.42 bits per heavy atom. The van der Waals surface area contributed by atoms with E-state index in [2.05, 4.69) is 20.6 Å². The van der Waals surface area contributed by atoms with Crippen LogP contribution in [0.2, 0.25) is 0 Å². The van der Waals surface area contributed by atoms with E-state index in [1.165, 1.54) is 0 Å². The molecule has 0 aromatic carbocycles. The normalized spacial score (nSPS) is 11.7. The second kappa shape index (κ2) is 8.29. The molecule has 0 fully saturated rings. The monoisotopic (exact) mass is 266 g/mol. The van der Waals surface area contributed by atoms with E-state index in [1.807, 2.05) is 13.8 Å². The van der Waals surface area contributed by atoms with Crippen LogP contribution in [0.4, 0.5) is 5.95 Å². The third kappa shape index (κ3) is 5.54. The highest BCUT2D eigenvalue weighted by atomic mass is 16.5. The van der Waals surface area contributed by atoms with E-state index >= 15 is 0 Å². The summed E-state index contributed by atoms with van der Waals surface area (Å²) in [5.41, 5.74) is 0. The maximum absolute atomic E-state index is 11.7. The van der Waals surface area contributed by atoms with Gasteiger partial charge in [-0.1, -0.05) is 13.8 Å². The summed E-state index contributed by atoms with van der Waals surface area (Å²) < 4.78 is 5.41. The van der Waals surface area contributed by atoms with Gasteiger partial charge in [0.25, 0.3) is 0 Å². The largest absolute Gasteiger partial charge is 0.478 e. The molecule has 0 saturated heterocycles. The minimum atomic E-state index is -0.382. The number of carbonyl (C=O) groups excluding carboxylic acids is 1. The second-order valence-corrected chi connectivity index (χ2v) is 4.22. The van der Waals surface area contributed by atoms with Gasteiger partial charge in [-0.3, -0.25) is 4.79 Å². The fraction of sp³-hybridized carbons (Fsp3) is 0.615. The summed E-state index contributed by atoms with van der Waals surface area (Å²) in [6, 6.07) is 1.32. The predicted octanol–water partition coefficient (Wildman–Crippen LogP) is 1.59. The molecule has 2 N–H and O–H groups in total. The summed E-state index contributed by atoms with van der Waals surface area (Å²) >= 11 is 0. The number of rotatable bonds is 8. The van der Waals surface area contributed by atoms with Crippen LogP contribution in [0.3, 0.4) is 0 Å². The standard InChI is InChI=1S/C13H22N4O2/c1-4-7-14-12(18)10(3)16-13-15-8-6-11(17-13)19-9-5-2/h6,8,10H,4-5,7,9H2,1-3H3,(H,14,18)(H,15,16,17). The van der Waals surface area contributed by atoms with Crippen LogP contribution in [0.15, 0.2) is 12.3 Å². The molecule has 1 aromatic heterocycles. The molecule has 0 spiro atoms. The van der Waals surface area contributed by atoms with Crippen molar-refractivity contribution in [1.29, 1.82) is 0 Å². The number of carbonyl (C=O) groups is 1. The molecule has 1 heterocycles. The van der Waals surface area contributed by atoms with E-state index in [9.17, 15) is 4.79 Å². The maximum Gasteiger partial charge on any atom is 0.242 e. The van der Waals surface area contributed by atoms with Gasteiger partial charge in [0, 0.05) is 18.8 Å². The smallest absolute Gasteiger partial charge is 0.242 e. The third-order valence-electron chi connectivity index (χ3n) is 2.37. The Balaban J connectivity index is 2.53. The first kappa shape index (κ1) is 15.2. The highest BCUT2D eigenvalue weighted by Crippen LogP contribution is 2.09. The molecule has 0 radical (unpaired) electrons. The number of hydrogen-bond donors (Lipinski definition) is 2. The zero-order chi connectivity index (χ0) is 14.1. The molecule has 0 bridgehead atoms. The van der Waals surface area contributed by atoms with Gasteiger partial charge >= 0.3 is 0 Å². The summed E-state index contributed by atoms with van der Waals surface area (Å²) in [6.45, 7) is 7.10. The Morgan fingerprint density at radius 3 is 2.89 bits per heavy atom. The number of amides is 1. The van der Waals surface area contributed by atoms with Crippen LogP contribution in [0.25, 0.3) is 0 Å². The fourth-order valence-electron chi connectivity index (χ4n) is 1.36. The molecule has 106 valence electrons. The van der Waals surface area contributed by atoms with Gasteiger partial charge in [-0.25, -0.2) is 4.98 Å². The van der Waals surface area contributed by atoms with Crippen LogP contribution in [-0.2, 0) is 4.79 Å². The third-order valence-corrected chi connectivity index (χ3v) is 2.37. The SMILES string of the molecule is CCCNC(=O)C(C)Nc1nccc(OCCC)n1. The van der Waals surface area contributed by atoms with Crippen LogP contribution in [0, 0.1) is 0 Å². The highest BCUT2D eigenvalue weighted by molar-refractivity contribution is 5.83. The zero-order valence-electron chi connectivity index (χ0n) is 11.8. The van der Waals surface area contributed by atoms with E-state index in [1.54, 1.807) is 19.2 Å². The first-order valence-corrected chi connectivity index (χ1v) is 6.67. The molecule has 1 unspecified atom stereocenters. The number of aromatic nitrogens is 2. The van der Waals surface area contributed by atoms with Gasteiger partial charge in [-0.15, -0.1) is 0 Å². The number of hydrogen-bond acceptors (Lipinski definition) is 5. The lowest BCUT2D eigenvalue weighted by molar-refractivity contribution is -0.121. The maximum atomic E-state index is 11.7. The van der Waals surface area contributed by atoms with Crippen molar-refractivity contribution in [2.45, 2.75) is 39.7 Å². The Hall–Kier alpha value is -1.85. The number of anilines is 1. The molecule has 1 aromatic rings. The first-order chi connectivity index (χ1) is 9.17. The van der Waals surface area contributed by atoms with E-state index < -0.39 is 0 Å². The lowest BCUT2D eigenvalue weighted by atomic mass is 10.3. The van der Waals surface area contributed by atoms with Crippen molar-refractivity contribution in [2.75, 3.05) is 18.5 Å². The summed E-state index contributed by atoms with van der Waals surface area (Å²) in [7, 11) is 0. The van der Waals surface area contributed by atoms with E-state index in [0.717, 1.165) is 12.8 Å². The summed E-state index contributed by atoms with van der Waals surface area (Å²) in [5, 5.41) is 5.77. The molecule has 1 amide bonds. The molecule has 6 heteroatoms. The number of ether oxygens (including phenoxy) is 1. The van der Waals surface area contributed by atoms with Gasteiger partial charge in [0.05, 0.1) is 6.61 Å².